The Morgan fingerprint density at radius 2 is 2.17 bits per heavy atom. The smallest absolute Gasteiger partial charge is 0.260 e. The largest absolute Gasteiger partial charge is 0.379 e. The Bertz CT molecular complexity index is 915. The van der Waals surface area contributed by atoms with E-state index in [1.807, 2.05) is 35.7 Å². The van der Waals surface area contributed by atoms with E-state index >= 15 is 0 Å². The second-order valence-corrected chi connectivity index (χ2v) is 7.07. The van der Waals surface area contributed by atoms with Crippen LogP contribution < -0.4 is 11.3 Å². The number of nitrogens with one attached hydrogen (secondary N) is 1. The number of aromatic amines is 1. The fourth-order valence-corrected chi connectivity index (χ4v) is 3.87. The van der Waals surface area contributed by atoms with Crippen LogP contribution in [-0.4, -0.2) is 21.7 Å². The summed E-state index contributed by atoms with van der Waals surface area (Å²) < 4.78 is 0. The number of fused-ring (bicyclic) bond motifs is 1. The van der Waals surface area contributed by atoms with E-state index in [1.54, 1.807) is 0 Å². The standard InChI is InChI=1S/C17H18N4OS2/c1-2-8-19-17(18)24-10-13-20-15(22)14-12(9-23-16(14)21-13)11-6-4-3-5-7-11/h3-7,9H,2,8,10H2,1H3,(H2,18,19)(H,20,21,22). The van der Waals surface area contributed by atoms with E-state index in [2.05, 4.69) is 21.9 Å². The van der Waals surface area contributed by atoms with Crippen LogP contribution in [0.15, 0.2) is 45.5 Å². The first-order valence-corrected chi connectivity index (χ1v) is 9.54. The molecule has 0 spiro atoms. The molecule has 0 saturated heterocycles. The van der Waals surface area contributed by atoms with Crippen LogP contribution in [0.2, 0.25) is 0 Å². The fourth-order valence-electron chi connectivity index (χ4n) is 2.30. The second-order valence-electron chi connectivity index (χ2n) is 5.22. The minimum absolute atomic E-state index is 0.111. The molecule has 0 amide bonds. The molecule has 124 valence electrons. The van der Waals surface area contributed by atoms with E-state index < -0.39 is 0 Å². The van der Waals surface area contributed by atoms with Crippen molar-refractivity contribution < 1.29 is 0 Å². The lowest BCUT2D eigenvalue weighted by Gasteiger charge is -2.02. The zero-order valence-corrected chi connectivity index (χ0v) is 14.9. The summed E-state index contributed by atoms with van der Waals surface area (Å²) in [6.45, 7) is 2.77. The van der Waals surface area contributed by atoms with E-state index in [9.17, 15) is 4.79 Å². The number of thiophene rings is 1. The predicted molar refractivity (Wildman–Crippen MR) is 104 cm³/mol. The molecule has 0 bridgehead atoms. The van der Waals surface area contributed by atoms with Crippen LogP contribution in [0.3, 0.4) is 0 Å². The molecule has 7 heteroatoms. The normalized spacial score (nSPS) is 12.0. The van der Waals surface area contributed by atoms with Crippen molar-refractivity contribution in [1.29, 1.82) is 0 Å². The first-order chi connectivity index (χ1) is 11.7. The maximum atomic E-state index is 12.5. The average molecular weight is 358 g/mol. The van der Waals surface area contributed by atoms with Gasteiger partial charge in [0.2, 0.25) is 0 Å². The fraction of sp³-hybridized carbons (Fsp3) is 0.235. The molecule has 0 atom stereocenters. The average Bonchev–Trinajstić information content (AvgIpc) is 3.03. The van der Waals surface area contributed by atoms with Crippen LogP contribution in [0, 0.1) is 0 Å². The number of hydrogen-bond donors (Lipinski definition) is 2. The first-order valence-electron chi connectivity index (χ1n) is 7.67. The van der Waals surface area contributed by atoms with Crippen molar-refractivity contribution in [2.24, 2.45) is 10.7 Å². The van der Waals surface area contributed by atoms with Gasteiger partial charge in [-0.1, -0.05) is 49.0 Å². The molecule has 0 radical (unpaired) electrons. The molecule has 0 saturated carbocycles. The highest BCUT2D eigenvalue weighted by molar-refractivity contribution is 8.13. The lowest BCUT2D eigenvalue weighted by atomic mass is 10.1. The molecule has 1 aromatic carbocycles. The number of aromatic nitrogens is 2. The lowest BCUT2D eigenvalue weighted by Crippen LogP contribution is -2.13. The Balaban J connectivity index is 1.88. The summed E-state index contributed by atoms with van der Waals surface area (Å²) in [5.74, 6) is 1.12. The number of nitrogens with zero attached hydrogens (tertiary/aromatic N) is 2. The van der Waals surface area contributed by atoms with Gasteiger partial charge in [-0.2, -0.15) is 0 Å². The molecule has 3 rings (SSSR count). The van der Waals surface area contributed by atoms with Crippen molar-refractivity contribution in [3.63, 3.8) is 0 Å². The van der Waals surface area contributed by atoms with E-state index in [4.69, 9.17) is 5.73 Å². The molecule has 3 N–H and O–H groups in total. The zero-order chi connectivity index (χ0) is 16.9. The van der Waals surface area contributed by atoms with Crippen molar-refractivity contribution in [2.45, 2.75) is 19.1 Å². The molecule has 0 aliphatic heterocycles. The number of rotatable bonds is 5. The topological polar surface area (TPSA) is 84.1 Å². The Morgan fingerprint density at radius 1 is 1.38 bits per heavy atom. The molecule has 0 fully saturated rings. The highest BCUT2D eigenvalue weighted by atomic mass is 32.2. The van der Waals surface area contributed by atoms with Gasteiger partial charge in [0.05, 0.1) is 11.1 Å². The molecular formula is C17H18N4OS2. The van der Waals surface area contributed by atoms with Crippen LogP contribution in [-0.2, 0) is 5.75 Å². The number of aliphatic imine (C=N–C) groups is 1. The number of hydrogen-bond acceptors (Lipinski definition) is 5. The van der Waals surface area contributed by atoms with Gasteiger partial charge in [-0.05, 0) is 12.0 Å². The molecule has 0 aliphatic carbocycles. The van der Waals surface area contributed by atoms with Crippen molar-refractivity contribution in [3.05, 3.63) is 51.9 Å². The van der Waals surface area contributed by atoms with Crippen molar-refractivity contribution in [3.8, 4) is 11.1 Å². The SMILES string of the molecule is CCCN=C(N)SCc1nc2scc(-c3ccccc3)c2c(=O)[nH]1. The Hall–Kier alpha value is -2.12. The molecule has 2 aromatic heterocycles. The summed E-state index contributed by atoms with van der Waals surface area (Å²) in [5, 5.41) is 3.15. The van der Waals surface area contributed by atoms with Crippen LogP contribution in [0.1, 0.15) is 19.2 Å². The third-order valence-electron chi connectivity index (χ3n) is 3.43. The molecule has 3 aromatic rings. The highest BCUT2D eigenvalue weighted by Crippen LogP contribution is 2.30. The number of nitrogens with two attached hydrogens (primary N) is 1. The van der Waals surface area contributed by atoms with E-state index in [0.29, 0.717) is 28.7 Å². The van der Waals surface area contributed by atoms with Crippen LogP contribution in [0.4, 0.5) is 0 Å². The minimum atomic E-state index is -0.111. The van der Waals surface area contributed by atoms with E-state index in [1.165, 1.54) is 23.1 Å². The van der Waals surface area contributed by atoms with Crippen molar-refractivity contribution in [1.82, 2.24) is 9.97 Å². The second kappa shape index (κ2) is 7.63. The lowest BCUT2D eigenvalue weighted by molar-refractivity contribution is 0.933. The third-order valence-corrected chi connectivity index (χ3v) is 5.14. The molecular weight excluding hydrogens is 340 g/mol. The monoisotopic (exact) mass is 358 g/mol. The zero-order valence-electron chi connectivity index (χ0n) is 13.3. The van der Waals surface area contributed by atoms with Gasteiger partial charge in [0.1, 0.15) is 10.7 Å². The van der Waals surface area contributed by atoms with Gasteiger partial charge in [-0.25, -0.2) is 4.98 Å². The van der Waals surface area contributed by atoms with Crippen LogP contribution in [0.5, 0.6) is 0 Å². The number of H-pyrrole nitrogens is 1. The summed E-state index contributed by atoms with van der Waals surface area (Å²) in [6, 6.07) is 9.87. The van der Waals surface area contributed by atoms with Crippen molar-refractivity contribution >= 4 is 38.5 Å². The van der Waals surface area contributed by atoms with E-state index in [-0.39, 0.29) is 5.56 Å². The molecule has 0 aliphatic rings. The highest BCUT2D eigenvalue weighted by Gasteiger charge is 2.13. The van der Waals surface area contributed by atoms with Gasteiger partial charge in [0, 0.05) is 17.5 Å². The van der Waals surface area contributed by atoms with Crippen LogP contribution in [0.25, 0.3) is 21.3 Å². The Morgan fingerprint density at radius 3 is 2.92 bits per heavy atom. The summed E-state index contributed by atoms with van der Waals surface area (Å²) >= 11 is 2.87. The molecule has 2 heterocycles. The summed E-state index contributed by atoms with van der Waals surface area (Å²) in [5.41, 5.74) is 7.67. The Labute approximate surface area is 148 Å². The van der Waals surface area contributed by atoms with Gasteiger partial charge >= 0.3 is 0 Å². The first kappa shape index (κ1) is 16.7. The maximum Gasteiger partial charge on any atom is 0.260 e. The van der Waals surface area contributed by atoms with Gasteiger partial charge in [-0.3, -0.25) is 9.79 Å². The third kappa shape index (κ3) is 3.68. The summed E-state index contributed by atoms with van der Waals surface area (Å²) in [7, 11) is 0. The van der Waals surface area contributed by atoms with Gasteiger partial charge in [0.15, 0.2) is 5.17 Å². The summed E-state index contributed by atoms with van der Waals surface area (Å²) in [4.78, 5) is 24.9. The van der Waals surface area contributed by atoms with Crippen LogP contribution >= 0.6 is 23.1 Å². The maximum absolute atomic E-state index is 12.5. The van der Waals surface area contributed by atoms with E-state index in [0.717, 1.165) is 22.4 Å². The molecule has 5 nitrogen and oxygen atoms in total. The minimum Gasteiger partial charge on any atom is -0.379 e. The number of benzene rings is 1. The Kier molecular flexibility index (Phi) is 5.32. The quantitative estimate of drug-likeness (QED) is 0.539. The number of amidine groups is 1. The van der Waals surface area contributed by atoms with Crippen molar-refractivity contribution in [2.75, 3.05) is 6.54 Å². The molecule has 24 heavy (non-hydrogen) atoms. The number of thioether (sulfide) groups is 1. The van der Waals surface area contributed by atoms with Gasteiger partial charge < -0.3 is 10.7 Å². The summed E-state index contributed by atoms with van der Waals surface area (Å²) in [6.07, 6.45) is 0.958. The predicted octanol–water partition coefficient (Wildman–Crippen LogP) is 3.61. The van der Waals surface area contributed by atoms with Gasteiger partial charge in [0.25, 0.3) is 5.56 Å². The van der Waals surface area contributed by atoms with Gasteiger partial charge in [-0.15, -0.1) is 11.3 Å². The molecule has 0 unspecified atom stereocenters.